The van der Waals surface area contributed by atoms with Crippen molar-refractivity contribution in [3.05, 3.63) is 83.7 Å². The number of rotatable bonds is 9. The Hall–Kier alpha value is -3.43. The molecule has 0 saturated heterocycles. The van der Waals surface area contributed by atoms with E-state index in [1.54, 1.807) is 18.2 Å². The van der Waals surface area contributed by atoms with Crippen LogP contribution in [0.25, 0.3) is 0 Å². The Balaban J connectivity index is 1.56. The third-order valence-electron chi connectivity index (χ3n) is 6.49. The molecule has 1 heterocycles. The number of nitrogens with zero attached hydrogens (tertiary/aromatic N) is 2. The lowest BCUT2D eigenvalue weighted by atomic mass is 10.1. The molecule has 1 aromatic heterocycles. The molecular formula is C28H33N3O5S. The molecule has 9 heteroatoms. The molecule has 0 unspecified atom stereocenters. The molecule has 0 radical (unpaired) electrons. The van der Waals surface area contributed by atoms with Crippen molar-refractivity contribution in [2.75, 3.05) is 7.11 Å². The Morgan fingerprint density at radius 2 is 1.70 bits per heavy atom. The minimum absolute atomic E-state index is 0.0469. The van der Waals surface area contributed by atoms with E-state index in [0.29, 0.717) is 23.6 Å². The quantitative estimate of drug-likeness (QED) is 0.408. The first-order valence-corrected chi connectivity index (χ1v) is 14.0. The number of pyridine rings is 1. The van der Waals surface area contributed by atoms with Gasteiger partial charge in [0, 0.05) is 18.3 Å². The standard InChI is InChI=1S/C28H33N3O5S/c1-35-27-18-21(11-16-26(27)36-24-9-4-2-3-5-10-24)19-31(20-23-8-6-7-17-30-23)28(32)22-12-14-25(15-13-22)37(29,33)34/h6-8,11-18,24H,2-5,9-10,19-20H2,1H3,(H2,29,33,34). The van der Waals surface area contributed by atoms with Crippen LogP contribution < -0.4 is 14.6 Å². The number of carbonyl (C=O) groups is 1. The van der Waals surface area contributed by atoms with E-state index in [1.807, 2.05) is 36.4 Å². The number of hydrogen-bond donors (Lipinski definition) is 1. The Morgan fingerprint density at radius 1 is 0.973 bits per heavy atom. The number of aromatic nitrogens is 1. The SMILES string of the molecule is COc1cc(CN(Cc2ccccn2)C(=O)c2ccc(S(N)(=O)=O)cc2)ccc1OC1CCCCCC1. The lowest BCUT2D eigenvalue weighted by molar-refractivity contribution is 0.0727. The lowest BCUT2D eigenvalue weighted by Crippen LogP contribution is -2.30. The fourth-order valence-corrected chi connectivity index (χ4v) is 5.04. The largest absolute Gasteiger partial charge is 0.493 e. The van der Waals surface area contributed by atoms with Crippen molar-refractivity contribution in [3.63, 3.8) is 0 Å². The molecule has 37 heavy (non-hydrogen) atoms. The molecular weight excluding hydrogens is 490 g/mol. The summed E-state index contributed by atoms with van der Waals surface area (Å²) in [7, 11) is -2.23. The van der Waals surface area contributed by atoms with Gasteiger partial charge in [-0.05, 0) is 79.8 Å². The molecule has 4 rings (SSSR count). The van der Waals surface area contributed by atoms with Crippen LogP contribution in [0.1, 0.15) is 60.1 Å². The van der Waals surface area contributed by atoms with Crippen LogP contribution in [-0.2, 0) is 23.1 Å². The van der Waals surface area contributed by atoms with Crippen molar-refractivity contribution in [1.82, 2.24) is 9.88 Å². The number of amides is 1. The van der Waals surface area contributed by atoms with Crippen molar-refractivity contribution in [2.45, 2.75) is 62.6 Å². The maximum atomic E-state index is 13.5. The van der Waals surface area contributed by atoms with Crippen molar-refractivity contribution in [1.29, 1.82) is 0 Å². The summed E-state index contributed by atoms with van der Waals surface area (Å²) < 4.78 is 35.2. The molecule has 196 valence electrons. The van der Waals surface area contributed by atoms with Crippen LogP contribution in [0.3, 0.4) is 0 Å². The summed E-state index contributed by atoms with van der Waals surface area (Å²) in [6, 6.07) is 16.9. The Morgan fingerprint density at radius 3 is 2.32 bits per heavy atom. The zero-order valence-corrected chi connectivity index (χ0v) is 21.8. The first kappa shape index (κ1) is 26.6. The van der Waals surface area contributed by atoms with E-state index in [4.69, 9.17) is 14.6 Å². The number of ether oxygens (including phenoxy) is 2. The fourth-order valence-electron chi connectivity index (χ4n) is 4.52. The number of nitrogens with two attached hydrogens (primary N) is 1. The van der Waals surface area contributed by atoms with Gasteiger partial charge in [-0.2, -0.15) is 0 Å². The summed E-state index contributed by atoms with van der Waals surface area (Å²) in [5.41, 5.74) is 1.96. The van der Waals surface area contributed by atoms with Gasteiger partial charge >= 0.3 is 0 Å². The molecule has 1 amide bonds. The summed E-state index contributed by atoms with van der Waals surface area (Å²) in [5, 5.41) is 5.20. The number of hydrogen-bond acceptors (Lipinski definition) is 6. The van der Waals surface area contributed by atoms with E-state index < -0.39 is 10.0 Å². The Bertz CT molecular complexity index is 1290. The maximum Gasteiger partial charge on any atom is 0.254 e. The van der Waals surface area contributed by atoms with Crippen molar-refractivity contribution < 1.29 is 22.7 Å². The topological polar surface area (TPSA) is 112 Å². The second-order valence-corrected chi connectivity index (χ2v) is 10.8. The number of benzene rings is 2. The molecule has 0 bridgehead atoms. The lowest BCUT2D eigenvalue weighted by Gasteiger charge is -2.24. The van der Waals surface area contributed by atoms with Crippen LogP contribution in [-0.4, -0.2) is 37.4 Å². The Labute approximate surface area is 218 Å². The molecule has 0 aliphatic heterocycles. The van der Waals surface area contributed by atoms with Crippen LogP contribution in [0.4, 0.5) is 0 Å². The predicted molar refractivity (Wildman–Crippen MR) is 141 cm³/mol. The zero-order valence-electron chi connectivity index (χ0n) is 21.0. The van der Waals surface area contributed by atoms with Gasteiger partial charge in [0.1, 0.15) is 0 Å². The molecule has 0 spiro atoms. The highest BCUT2D eigenvalue weighted by Crippen LogP contribution is 2.32. The van der Waals surface area contributed by atoms with Crippen LogP contribution in [0, 0.1) is 0 Å². The van der Waals surface area contributed by atoms with Crippen LogP contribution in [0.15, 0.2) is 71.8 Å². The molecule has 8 nitrogen and oxygen atoms in total. The van der Waals surface area contributed by atoms with Gasteiger partial charge in [0.15, 0.2) is 11.5 Å². The third-order valence-corrected chi connectivity index (χ3v) is 7.42. The van der Waals surface area contributed by atoms with E-state index in [0.717, 1.165) is 24.1 Å². The maximum absolute atomic E-state index is 13.5. The van der Waals surface area contributed by atoms with Crippen LogP contribution >= 0.6 is 0 Å². The van der Waals surface area contributed by atoms with Crippen LogP contribution in [0.5, 0.6) is 11.5 Å². The van der Waals surface area contributed by atoms with E-state index in [1.165, 1.54) is 49.9 Å². The molecule has 0 atom stereocenters. The van der Waals surface area contributed by atoms with Crippen molar-refractivity contribution >= 4 is 15.9 Å². The average Bonchev–Trinajstić information content (AvgIpc) is 3.17. The van der Waals surface area contributed by atoms with E-state index in [-0.39, 0.29) is 23.5 Å². The van der Waals surface area contributed by atoms with Crippen molar-refractivity contribution in [3.8, 4) is 11.5 Å². The van der Waals surface area contributed by atoms with Gasteiger partial charge in [-0.25, -0.2) is 13.6 Å². The van der Waals surface area contributed by atoms with E-state index >= 15 is 0 Å². The monoisotopic (exact) mass is 523 g/mol. The second kappa shape index (κ2) is 12.2. The molecule has 1 saturated carbocycles. The minimum atomic E-state index is -3.85. The van der Waals surface area contributed by atoms with Gasteiger partial charge in [0.25, 0.3) is 5.91 Å². The highest BCUT2D eigenvalue weighted by molar-refractivity contribution is 7.89. The summed E-state index contributed by atoms with van der Waals surface area (Å²) in [6.45, 7) is 0.575. The van der Waals surface area contributed by atoms with Gasteiger partial charge in [-0.15, -0.1) is 0 Å². The van der Waals surface area contributed by atoms with Crippen molar-refractivity contribution in [2.24, 2.45) is 5.14 Å². The zero-order chi connectivity index (χ0) is 26.3. The summed E-state index contributed by atoms with van der Waals surface area (Å²) >= 11 is 0. The van der Waals surface area contributed by atoms with Crippen LogP contribution in [0.2, 0.25) is 0 Å². The highest BCUT2D eigenvalue weighted by atomic mass is 32.2. The molecule has 2 aromatic carbocycles. The van der Waals surface area contributed by atoms with Gasteiger partial charge in [0.2, 0.25) is 10.0 Å². The van der Waals surface area contributed by atoms with Gasteiger partial charge in [0.05, 0.1) is 30.3 Å². The molecule has 1 fully saturated rings. The smallest absolute Gasteiger partial charge is 0.254 e. The molecule has 2 N–H and O–H groups in total. The van der Waals surface area contributed by atoms with Gasteiger partial charge in [-0.1, -0.05) is 25.0 Å². The normalized spacial score (nSPS) is 14.5. The number of sulfonamides is 1. The second-order valence-electron chi connectivity index (χ2n) is 9.27. The minimum Gasteiger partial charge on any atom is -0.493 e. The number of methoxy groups -OCH3 is 1. The summed E-state index contributed by atoms with van der Waals surface area (Å²) in [5.74, 6) is 1.08. The number of carbonyl (C=O) groups excluding carboxylic acids is 1. The highest BCUT2D eigenvalue weighted by Gasteiger charge is 2.20. The molecule has 3 aromatic rings. The molecule has 1 aliphatic rings. The number of primary sulfonamides is 1. The predicted octanol–water partition coefficient (Wildman–Crippen LogP) is 4.68. The first-order valence-electron chi connectivity index (χ1n) is 12.5. The van der Waals surface area contributed by atoms with Gasteiger partial charge < -0.3 is 14.4 Å². The Kier molecular flexibility index (Phi) is 8.78. The summed E-state index contributed by atoms with van der Waals surface area (Å²) in [4.78, 5) is 19.5. The summed E-state index contributed by atoms with van der Waals surface area (Å²) in [6.07, 6.45) is 8.80. The van der Waals surface area contributed by atoms with E-state index in [9.17, 15) is 13.2 Å². The first-order chi connectivity index (χ1) is 17.8. The average molecular weight is 524 g/mol. The van der Waals surface area contributed by atoms with Gasteiger partial charge in [-0.3, -0.25) is 9.78 Å². The van der Waals surface area contributed by atoms with E-state index in [2.05, 4.69) is 4.98 Å². The molecule has 1 aliphatic carbocycles. The fraction of sp³-hybridized carbons (Fsp3) is 0.357. The third kappa shape index (κ3) is 7.30.